The van der Waals surface area contributed by atoms with E-state index in [4.69, 9.17) is 4.74 Å². The number of aliphatic hydroxyl groups is 1. The van der Waals surface area contributed by atoms with Crippen molar-refractivity contribution >= 4 is 0 Å². The van der Waals surface area contributed by atoms with E-state index in [0.29, 0.717) is 12.3 Å². The van der Waals surface area contributed by atoms with Crippen LogP contribution in [0, 0.1) is 0 Å². The van der Waals surface area contributed by atoms with E-state index in [1.807, 2.05) is 55.5 Å². The quantitative estimate of drug-likeness (QED) is 0.338. The van der Waals surface area contributed by atoms with Crippen LogP contribution in [0.5, 0.6) is 5.75 Å². The Morgan fingerprint density at radius 1 is 0.882 bits per heavy atom. The fourth-order valence-electron chi connectivity index (χ4n) is 3.71. The Morgan fingerprint density at radius 2 is 1.47 bits per heavy atom. The van der Waals surface area contributed by atoms with Gasteiger partial charge in [-0.05, 0) is 62.2 Å². The molecule has 0 radical (unpaired) electrons. The predicted octanol–water partition coefficient (Wildman–Crippen LogP) is 6.85. The molecule has 176 valence electrons. The van der Waals surface area contributed by atoms with Gasteiger partial charge in [0.15, 0.2) is 0 Å². The highest BCUT2D eigenvalue weighted by molar-refractivity contribution is 5.68. The summed E-state index contributed by atoms with van der Waals surface area (Å²) in [6.45, 7) is 5.61. The number of nitrogens with zero attached hydrogens (tertiary/aromatic N) is 2. The molecule has 0 aliphatic rings. The molecule has 0 fully saturated rings. The highest BCUT2D eigenvalue weighted by Gasteiger charge is 2.35. The fraction of sp³-hybridized carbons (Fsp3) is 0.222. The number of alkyl halides is 3. The number of halogens is 3. The molecule has 0 unspecified atom stereocenters. The minimum Gasteiger partial charge on any atom is -0.494 e. The smallest absolute Gasteiger partial charge is 0.417 e. The van der Waals surface area contributed by atoms with E-state index in [9.17, 15) is 18.3 Å². The highest BCUT2D eigenvalue weighted by Crippen LogP contribution is 2.38. The monoisotopic (exact) mass is 466 g/mol. The molecule has 3 aromatic carbocycles. The van der Waals surface area contributed by atoms with Gasteiger partial charge >= 0.3 is 6.18 Å². The Morgan fingerprint density at radius 3 is 2.03 bits per heavy atom. The molecule has 7 heteroatoms. The standard InChI is InChI=1S/C27H25F3N2O2/c1-4-34-21-15-11-19(12-16-21)18-9-13-20(14-10-18)32-17-24(26(2,3)33)31-25(32)22-7-5-6-8-23(22)27(28,29)30/h5-17,33H,4H2,1-3H3. The lowest BCUT2D eigenvalue weighted by molar-refractivity contribution is -0.137. The summed E-state index contributed by atoms with van der Waals surface area (Å²) in [5.41, 5.74) is 0.679. The zero-order valence-electron chi connectivity index (χ0n) is 19.1. The van der Waals surface area contributed by atoms with E-state index in [1.165, 1.54) is 12.1 Å². The average Bonchev–Trinajstić information content (AvgIpc) is 3.25. The molecule has 0 aliphatic carbocycles. The van der Waals surface area contributed by atoms with Gasteiger partial charge in [-0.3, -0.25) is 4.57 Å². The summed E-state index contributed by atoms with van der Waals surface area (Å²) >= 11 is 0. The Hall–Kier alpha value is -3.58. The van der Waals surface area contributed by atoms with E-state index in [1.54, 1.807) is 30.7 Å². The van der Waals surface area contributed by atoms with Gasteiger partial charge in [0.2, 0.25) is 0 Å². The Labute approximate surface area is 196 Å². The van der Waals surface area contributed by atoms with Crippen molar-refractivity contribution in [2.24, 2.45) is 0 Å². The molecule has 4 nitrogen and oxygen atoms in total. The van der Waals surface area contributed by atoms with Crippen molar-refractivity contribution in [3.05, 3.63) is 90.3 Å². The van der Waals surface area contributed by atoms with Crippen LogP contribution in [-0.4, -0.2) is 21.3 Å². The van der Waals surface area contributed by atoms with Crippen LogP contribution in [0.15, 0.2) is 79.0 Å². The number of imidazole rings is 1. The van der Waals surface area contributed by atoms with Crippen molar-refractivity contribution in [2.75, 3.05) is 6.61 Å². The number of hydrogen-bond donors (Lipinski definition) is 1. The molecular weight excluding hydrogens is 441 g/mol. The van der Waals surface area contributed by atoms with Gasteiger partial charge in [-0.15, -0.1) is 0 Å². The molecule has 0 spiro atoms. The third kappa shape index (κ3) is 4.84. The van der Waals surface area contributed by atoms with Crippen LogP contribution < -0.4 is 4.74 Å². The number of aromatic nitrogens is 2. The fourth-order valence-corrected chi connectivity index (χ4v) is 3.71. The molecule has 0 saturated carbocycles. The summed E-state index contributed by atoms with van der Waals surface area (Å²) < 4.78 is 48.3. The first kappa shape index (κ1) is 23.6. The van der Waals surface area contributed by atoms with Crippen LogP contribution in [0.2, 0.25) is 0 Å². The minimum atomic E-state index is -4.54. The van der Waals surface area contributed by atoms with E-state index in [2.05, 4.69) is 4.98 Å². The van der Waals surface area contributed by atoms with Crippen molar-refractivity contribution in [3.8, 4) is 34.0 Å². The molecule has 1 heterocycles. The number of rotatable bonds is 6. The summed E-state index contributed by atoms with van der Waals surface area (Å²) in [5, 5.41) is 10.5. The van der Waals surface area contributed by atoms with Crippen LogP contribution >= 0.6 is 0 Å². The SMILES string of the molecule is CCOc1ccc(-c2ccc(-n3cc(C(C)(C)O)nc3-c3ccccc3C(F)(F)F)cc2)cc1. The normalized spacial score (nSPS) is 12.1. The average molecular weight is 467 g/mol. The zero-order valence-corrected chi connectivity index (χ0v) is 19.1. The van der Waals surface area contributed by atoms with Crippen molar-refractivity contribution in [2.45, 2.75) is 32.5 Å². The molecule has 1 N–H and O–H groups in total. The Bertz CT molecular complexity index is 1270. The topological polar surface area (TPSA) is 47.3 Å². The largest absolute Gasteiger partial charge is 0.494 e. The molecule has 0 amide bonds. The van der Waals surface area contributed by atoms with Crippen molar-refractivity contribution in [1.29, 1.82) is 0 Å². The summed E-state index contributed by atoms with van der Waals surface area (Å²) in [6.07, 6.45) is -2.96. The lowest BCUT2D eigenvalue weighted by atomic mass is 10.0. The number of hydrogen-bond acceptors (Lipinski definition) is 3. The molecular formula is C27H25F3N2O2. The Balaban J connectivity index is 1.79. The van der Waals surface area contributed by atoms with Gasteiger partial charge in [0.1, 0.15) is 17.2 Å². The molecule has 4 aromatic rings. The van der Waals surface area contributed by atoms with Crippen LogP contribution in [0.4, 0.5) is 13.2 Å². The number of ether oxygens (including phenoxy) is 1. The van der Waals surface area contributed by atoms with Gasteiger partial charge < -0.3 is 9.84 Å². The third-order valence-corrected chi connectivity index (χ3v) is 5.45. The first-order chi connectivity index (χ1) is 16.1. The zero-order chi connectivity index (χ0) is 24.5. The summed E-state index contributed by atoms with van der Waals surface area (Å²) in [5.74, 6) is 0.896. The Kier molecular flexibility index (Phi) is 6.23. The maximum atomic E-state index is 13.7. The summed E-state index contributed by atoms with van der Waals surface area (Å²) in [7, 11) is 0. The van der Waals surface area contributed by atoms with E-state index < -0.39 is 17.3 Å². The molecule has 4 rings (SSSR count). The summed E-state index contributed by atoms with van der Waals surface area (Å²) in [4.78, 5) is 4.41. The van der Waals surface area contributed by atoms with Crippen molar-refractivity contribution < 1.29 is 23.0 Å². The first-order valence-corrected chi connectivity index (χ1v) is 10.9. The molecule has 0 atom stereocenters. The van der Waals surface area contributed by atoms with E-state index in [0.717, 1.165) is 22.9 Å². The second kappa shape index (κ2) is 8.99. The third-order valence-electron chi connectivity index (χ3n) is 5.45. The summed E-state index contributed by atoms with van der Waals surface area (Å²) in [6, 6.07) is 20.4. The maximum absolute atomic E-state index is 13.7. The first-order valence-electron chi connectivity index (χ1n) is 10.9. The lowest BCUT2D eigenvalue weighted by Crippen LogP contribution is -2.15. The number of benzene rings is 3. The van der Waals surface area contributed by atoms with Crippen LogP contribution in [0.1, 0.15) is 32.0 Å². The highest BCUT2D eigenvalue weighted by atomic mass is 19.4. The molecule has 0 bridgehead atoms. The predicted molar refractivity (Wildman–Crippen MR) is 126 cm³/mol. The second-order valence-electron chi connectivity index (χ2n) is 8.43. The van der Waals surface area contributed by atoms with Crippen LogP contribution in [0.3, 0.4) is 0 Å². The van der Waals surface area contributed by atoms with Crippen LogP contribution in [0.25, 0.3) is 28.2 Å². The van der Waals surface area contributed by atoms with Gasteiger partial charge in [0.25, 0.3) is 0 Å². The molecule has 1 aromatic heterocycles. The van der Waals surface area contributed by atoms with Crippen LogP contribution in [-0.2, 0) is 11.8 Å². The van der Waals surface area contributed by atoms with Gasteiger partial charge in [0, 0.05) is 17.4 Å². The second-order valence-corrected chi connectivity index (χ2v) is 8.43. The van der Waals surface area contributed by atoms with Gasteiger partial charge in [0.05, 0.1) is 17.9 Å². The van der Waals surface area contributed by atoms with Crippen molar-refractivity contribution in [1.82, 2.24) is 9.55 Å². The van der Waals surface area contributed by atoms with Gasteiger partial charge in [-0.1, -0.05) is 42.5 Å². The lowest BCUT2D eigenvalue weighted by Gasteiger charge is -2.14. The van der Waals surface area contributed by atoms with E-state index >= 15 is 0 Å². The molecule has 0 aliphatic heterocycles. The van der Waals surface area contributed by atoms with Crippen molar-refractivity contribution in [3.63, 3.8) is 0 Å². The van der Waals surface area contributed by atoms with Gasteiger partial charge in [-0.2, -0.15) is 13.2 Å². The minimum absolute atomic E-state index is 0.0545. The molecule has 34 heavy (non-hydrogen) atoms. The molecule has 0 saturated heterocycles. The maximum Gasteiger partial charge on any atom is 0.417 e. The van der Waals surface area contributed by atoms with Gasteiger partial charge in [-0.25, -0.2) is 4.98 Å². The van der Waals surface area contributed by atoms with E-state index in [-0.39, 0.29) is 17.1 Å².